The minimum Gasteiger partial charge on any atom is -0.467 e. The Labute approximate surface area is 110 Å². The smallest absolute Gasteiger partial charge is 0.441 e. The van der Waals surface area contributed by atoms with Crippen molar-refractivity contribution in [1.29, 1.82) is 0 Å². The molecule has 9 heteroatoms. The van der Waals surface area contributed by atoms with Crippen LogP contribution in [0.2, 0.25) is 0 Å². The Morgan fingerprint density at radius 2 is 1.58 bits per heavy atom. The van der Waals surface area contributed by atoms with Gasteiger partial charge in [-0.05, 0) is 13.8 Å². The summed E-state index contributed by atoms with van der Waals surface area (Å²) in [7, 11) is 4.04. The molecule has 0 fully saturated rings. The summed E-state index contributed by atoms with van der Waals surface area (Å²) in [6.07, 6.45) is -1.07. The maximum Gasteiger partial charge on any atom is 0.441 e. The van der Waals surface area contributed by atoms with Crippen LogP contribution in [0.5, 0.6) is 12.0 Å². The van der Waals surface area contributed by atoms with Crippen molar-refractivity contribution in [2.45, 2.75) is 20.0 Å². The molecule has 1 amide bonds. The van der Waals surface area contributed by atoms with Gasteiger partial charge in [-0.15, -0.1) is 10.0 Å². The number of ether oxygens (including phenoxy) is 3. The summed E-state index contributed by atoms with van der Waals surface area (Å²) < 4.78 is 14.7. The Hall–Kier alpha value is -2.16. The molecule has 0 aliphatic carbocycles. The average Bonchev–Trinajstić information content (AvgIpc) is 2.38. The number of hydrogen-bond acceptors (Lipinski definition) is 8. The second-order valence-electron chi connectivity index (χ2n) is 3.52. The number of aromatic nitrogens is 3. The molecule has 0 unspecified atom stereocenters. The molecule has 1 aromatic heterocycles. The summed E-state index contributed by atoms with van der Waals surface area (Å²) in [5, 5.41) is 0.771. The second-order valence-corrected chi connectivity index (χ2v) is 3.52. The Kier molecular flexibility index (Phi) is 5.24. The van der Waals surface area contributed by atoms with Gasteiger partial charge < -0.3 is 14.2 Å². The Morgan fingerprint density at radius 3 is 1.95 bits per heavy atom. The number of carbonyl (C=O) groups is 1. The van der Waals surface area contributed by atoms with E-state index in [1.807, 2.05) is 0 Å². The summed E-state index contributed by atoms with van der Waals surface area (Å²) in [6.45, 7) is 3.42. The van der Waals surface area contributed by atoms with E-state index < -0.39 is 6.09 Å². The van der Waals surface area contributed by atoms with Crippen LogP contribution < -0.4 is 14.5 Å². The molecule has 19 heavy (non-hydrogen) atoms. The molecule has 0 saturated carbocycles. The van der Waals surface area contributed by atoms with Crippen molar-refractivity contribution in [3.8, 4) is 12.0 Å². The van der Waals surface area contributed by atoms with Gasteiger partial charge in [0, 0.05) is 0 Å². The minimum absolute atomic E-state index is 0.0127. The van der Waals surface area contributed by atoms with Crippen molar-refractivity contribution in [2.75, 3.05) is 26.4 Å². The van der Waals surface area contributed by atoms with E-state index in [-0.39, 0.29) is 24.1 Å². The first-order valence-corrected chi connectivity index (χ1v) is 5.40. The zero-order chi connectivity index (χ0) is 14.4. The van der Waals surface area contributed by atoms with Gasteiger partial charge in [0.2, 0.25) is 0 Å². The highest BCUT2D eigenvalue weighted by Gasteiger charge is 2.23. The van der Waals surface area contributed by atoms with E-state index in [1.54, 1.807) is 13.8 Å². The number of amides is 1. The lowest BCUT2D eigenvalue weighted by Crippen LogP contribution is -2.33. The van der Waals surface area contributed by atoms with E-state index in [2.05, 4.69) is 15.0 Å². The summed E-state index contributed by atoms with van der Waals surface area (Å²) >= 11 is 0. The fourth-order valence-corrected chi connectivity index (χ4v) is 1.09. The van der Waals surface area contributed by atoms with Crippen molar-refractivity contribution in [3.63, 3.8) is 0 Å². The lowest BCUT2D eigenvalue weighted by atomic mass is 10.5. The predicted molar refractivity (Wildman–Crippen MR) is 64.0 cm³/mol. The Balaban J connectivity index is 3.06. The summed E-state index contributed by atoms with van der Waals surface area (Å²) in [6, 6.07) is -0.0255. The zero-order valence-corrected chi connectivity index (χ0v) is 11.4. The van der Waals surface area contributed by atoms with Gasteiger partial charge in [0.1, 0.15) is 0 Å². The zero-order valence-electron chi connectivity index (χ0n) is 11.4. The molecule has 0 N–H and O–H groups in total. The van der Waals surface area contributed by atoms with Crippen molar-refractivity contribution < 1.29 is 23.8 Å². The summed E-state index contributed by atoms with van der Waals surface area (Å²) in [4.78, 5) is 28.2. The third kappa shape index (κ3) is 3.91. The third-order valence-electron chi connectivity index (χ3n) is 1.81. The number of methoxy groups -OCH3 is 2. The van der Waals surface area contributed by atoms with E-state index in [0.29, 0.717) is 0 Å². The number of nitrogens with zero attached hydrogens (tertiary/aromatic N) is 4. The van der Waals surface area contributed by atoms with E-state index >= 15 is 0 Å². The first-order chi connectivity index (χ1) is 9.01. The fraction of sp³-hybridized carbons (Fsp3) is 0.600. The topological polar surface area (TPSA) is 95.9 Å². The maximum atomic E-state index is 11.8. The van der Waals surface area contributed by atoms with Gasteiger partial charge in [-0.3, -0.25) is 4.84 Å². The van der Waals surface area contributed by atoms with Crippen molar-refractivity contribution in [2.24, 2.45) is 0 Å². The molecule has 1 aromatic rings. The largest absolute Gasteiger partial charge is 0.467 e. The van der Waals surface area contributed by atoms with Gasteiger partial charge in [0.25, 0.3) is 5.95 Å². The molecule has 0 spiro atoms. The molecule has 106 valence electrons. The quantitative estimate of drug-likeness (QED) is 0.726. The molecule has 0 aromatic carbocycles. The molecule has 0 aliphatic rings. The van der Waals surface area contributed by atoms with Gasteiger partial charge >= 0.3 is 18.1 Å². The monoisotopic (exact) mass is 272 g/mol. The van der Waals surface area contributed by atoms with Crippen LogP contribution in [0.4, 0.5) is 10.7 Å². The van der Waals surface area contributed by atoms with Gasteiger partial charge in [-0.1, -0.05) is 0 Å². The molecule has 0 aliphatic heterocycles. The molecule has 0 bridgehead atoms. The van der Waals surface area contributed by atoms with Crippen LogP contribution in [0.25, 0.3) is 0 Å². The molecule has 1 heterocycles. The minimum atomic E-state index is -0.757. The molecule has 0 radical (unpaired) electrons. The van der Waals surface area contributed by atoms with Crippen LogP contribution in [0.3, 0.4) is 0 Å². The number of carbonyl (C=O) groups excluding carboxylic acids is 1. The lowest BCUT2D eigenvalue weighted by Gasteiger charge is -2.18. The Bertz CT molecular complexity index is 418. The van der Waals surface area contributed by atoms with E-state index in [1.165, 1.54) is 21.3 Å². The molecular weight excluding hydrogens is 256 g/mol. The van der Waals surface area contributed by atoms with Crippen molar-refractivity contribution in [1.82, 2.24) is 15.0 Å². The third-order valence-corrected chi connectivity index (χ3v) is 1.81. The first-order valence-electron chi connectivity index (χ1n) is 5.40. The number of anilines is 1. The average molecular weight is 272 g/mol. The van der Waals surface area contributed by atoms with E-state index in [9.17, 15) is 4.79 Å². The SMILES string of the molecule is COc1nc(OC)nc(N(OC)C(=O)OC(C)C)n1. The van der Waals surface area contributed by atoms with Crippen LogP contribution >= 0.6 is 0 Å². The molecule has 0 atom stereocenters. The van der Waals surface area contributed by atoms with Crippen LogP contribution in [0.1, 0.15) is 13.8 Å². The predicted octanol–water partition coefficient (Wildman–Crippen LogP) is 0.802. The highest BCUT2D eigenvalue weighted by atomic mass is 16.7. The Morgan fingerprint density at radius 1 is 1.05 bits per heavy atom. The van der Waals surface area contributed by atoms with E-state index in [0.717, 1.165) is 5.06 Å². The first kappa shape index (κ1) is 14.9. The summed E-state index contributed by atoms with van der Waals surface area (Å²) in [5.74, 6) is -0.100. The second kappa shape index (κ2) is 6.69. The van der Waals surface area contributed by atoms with Crippen LogP contribution in [-0.4, -0.2) is 48.5 Å². The van der Waals surface area contributed by atoms with Crippen LogP contribution in [-0.2, 0) is 9.57 Å². The number of hydroxylamine groups is 1. The molecule has 9 nitrogen and oxygen atoms in total. The number of rotatable bonds is 5. The molecular formula is C10H16N4O5. The standard InChI is InChI=1S/C10H16N4O5/c1-6(2)19-10(15)14(18-5)7-11-8(16-3)13-9(12-7)17-4/h6H,1-5H3. The summed E-state index contributed by atoms with van der Waals surface area (Å²) in [5.41, 5.74) is 0. The highest BCUT2D eigenvalue weighted by Crippen LogP contribution is 2.17. The van der Waals surface area contributed by atoms with Gasteiger partial charge in [-0.2, -0.15) is 9.97 Å². The molecule has 0 saturated heterocycles. The van der Waals surface area contributed by atoms with Crippen LogP contribution in [0.15, 0.2) is 0 Å². The maximum absolute atomic E-state index is 11.8. The normalized spacial score (nSPS) is 10.2. The van der Waals surface area contributed by atoms with Gasteiger partial charge in [0.05, 0.1) is 27.4 Å². The van der Waals surface area contributed by atoms with E-state index in [4.69, 9.17) is 19.0 Å². The van der Waals surface area contributed by atoms with Crippen molar-refractivity contribution >= 4 is 12.0 Å². The molecule has 1 rings (SSSR count). The van der Waals surface area contributed by atoms with Crippen LogP contribution in [0, 0.1) is 0 Å². The highest BCUT2D eigenvalue weighted by molar-refractivity contribution is 5.83. The van der Waals surface area contributed by atoms with Gasteiger partial charge in [-0.25, -0.2) is 4.79 Å². The van der Waals surface area contributed by atoms with Gasteiger partial charge in [0.15, 0.2) is 0 Å². The lowest BCUT2D eigenvalue weighted by molar-refractivity contribution is 0.0776. The fourth-order valence-electron chi connectivity index (χ4n) is 1.09. The van der Waals surface area contributed by atoms with Crippen molar-refractivity contribution in [3.05, 3.63) is 0 Å². The number of hydrogen-bond donors (Lipinski definition) is 0.